The molecule has 0 aliphatic rings. The van der Waals surface area contributed by atoms with E-state index < -0.39 is 15.7 Å². The van der Waals surface area contributed by atoms with E-state index in [0.717, 1.165) is 5.56 Å². The SMILES string of the molecule is CN=C(NCCOCCS(C)(=O)=O)N(C)Cc1ccc(OC)c(F)c1. The molecule has 0 unspecified atom stereocenters. The number of hydrogen-bond donors (Lipinski definition) is 1. The van der Waals surface area contributed by atoms with Crippen molar-refractivity contribution in [1.29, 1.82) is 0 Å². The van der Waals surface area contributed by atoms with Crippen LogP contribution in [0.15, 0.2) is 23.2 Å². The first kappa shape index (κ1) is 21.2. The van der Waals surface area contributed by atoms with Crippen LogP contribution in [0.5, 0.6) is 5.75 Å². The molecule has 0 heterocycles. The number of aliphatic imine (C=N–C) groups is 1. The van der Waals surface area contributed by atoms with E-state index in [1.807, 2.05) is 11.9 Å². The molecule has 0 radical (unpaired) electrons. The van der Waals surface area contributed by atoms with E-state index in [1.165, 1.54) is 19.4 Å². The van der Waals surface area contributed by atoms with Gasteiger partial charge in [0.1, 0.15) is 9.84 Å². The molecule has 0 saturated carbocycles. The molecule has 7 nitrogen and oxygen atoms in total. The standard InChI is InChI=1S/C16H26FN3O4S/c1-18-16(19-7-8-24-9-10-25(4,21)22)20(2)12-13-5-6-15(23-3)14(17)11-13/h5-6,11H,7-10,12H2,1-4H3,(H,18,19). The lowest BCUT2D eigenvalue weighted by Crippen LogP contribution is -2.40. The van der Waals surface area contributed by atoms with Gasteiger partial charge in [-0.25, -0.2) is 12.8 Å². The zero-order valence-corrected chi connectivity index (χ0v) is 15.9. The maximum absolute atomic E-state index is 13.7. The zero-order chi connectivity index (χ0) is 18.9. The zero-order valence-electron chi connectivity index (χ0n) is 15.1. The second kappa shape index (κ2) is 10.2. The minimum Gasteiger partial charge on any atom is -0.494 e. The summed E-state index contributed by atoms with van der Waals surface area (Å²) in [7, 11) is 1.90. The Morgan fingerprint density at radius 1 is 1.36 bits per heavy atom. The Hall–Kier alpha value is -1.87. The molecule has 0 bridgehead atoms. The van der Waals surface area contributed by atoms with E-state index in [9.17, 15) is 12.8 Å². The molecule has 0 spiro atoms. The fourth-order valence-electron chi connectivity index (χ4n) is 2.09. The third-order valence-electron chi connectivity index (χ3n) is 3.34. The first-order valence-electron chi connectivity index (χ1n) is 7.76. The summed E-state index contributed by atoms with van der Waals surface area (Å²) in [4.78, 5) is 6.00. The quantitative estimate of drug-likeness (QED) is 0.392. The summed E-state index contributed by atoms with van der Waals surface area (Å²) >= 11 is 0. The van der Waals surface area contributed by atoms with E-state index in [4.69, 9.17) is 9.47 Å². The van der Waals surface area contributed by atoms with Crippen LogP contribution in [0, 0.1) is 5.82 Å². The Morgan fingerprint density at radius 3 is 2.64 bits per heavy atom. The molecule has 0 fully saturated rings. The molecule has 0 amide bonds. The van der Waals surface area contributed by atoms with Gasteiger partial charge in [-0.15, -0.1) is 0 Å². The van der Waals surface area contributed by atoms with Crippen molar-refractivity contribution in [1.82, 2.24) is 10.2 Å². The normalized spacial score (nSPS) is 12.1. The number of nitrogens with zero attached hydrogens (tertiary/aromatic N) is 2. The maximum atomic E-state index is 13.7. The number of hydrogen-bond acceptors (Lipinski definition) is 5. The van der Waals surface area contributed by atoms with Gasteiger partial charge in [0, 0.05) is 33.4 Å². The summed E-state index contributed by atoms with van der Waals surface area (Å²) < 4.78 is 45.9. The molecule has 0 aliphatic carbocycles. The molecule has 1 aromatic rings. The van der Waals surface area contributed by atoms with Gasteiger partial charge in [0.2, 0.25) is 0 Å². The molecule has 0 saturated heterocycles. The van der Waals surface area contributed by atoms with Gasteiger partial charge in [-0.2, -0.15) is 0 Å². The fraction of sp³-hybridized carbons (Fsp3) is 0.562. The van der Waals surface area contributed by atoms with Crippen LogP contribution in [0.3, 0.4) is 0 Å². The van der Waals surface area contributed by atoms with E-state index in [-0.39, 0.29) is 18.1 Å². The van der Waals surface area contributed by atoms with E-state index >= 15 is 0 Å². The summed E-state index contributed by atoms with van der Waals surface area (Å²) in [6, 6.07) is 4.81. The number of rotatable bonds is 9. The maximum Gasteiger partial charge on any atom is 0.193 e. The lowest BCUT2D eigenvalue weighted by molar-refractivity contribution is 0.153. The highest BCUT2D eigenvalue weighted by molar-refractivity contribution is 7.90. The van der Waals surface area contributed by atoms with Crippen molar-refractivity contribution in [2.75, 3.05) is 53.0 Å². The second-order valence-electron chi connectivity index (χ2n) is 5.54. The molecule has 142 valence electrons. The van der Waals surface area contributed by atoms with Crippen LogP contribution >= 0.6 is 0 Å². The number of nitrogens with one attached hydrogen (secondary N) is 1. The first-order valence-corrected chi connectivity index (χ1v) is 9.82. The van der Waals surface area contributed by atoms with Crippen molar-refractivity contribution >= 4 is 15.8 Å². The molecular formula is C16H26FN3O4S. The van der Waals surface area contributed by atoms with E-state index in [1.54, 1.807) is 19.2 Å². The summed E-state index contributed by atoms with van der Waals surface area (Å²) in [5.74, 6) is 0.434. The van der Waals surface area contributed by atoms with Crippen molar-refractivity contribution < 1.29 is 22.3 Å². The van der Waals surface area contributed by atoms with Gasteiger partial charge >= 0.3 is 0 Å². The predicted molar refractivity (Wildman–Crippen MR) is 96.3 cm³/mol. The van der Waals surface area contributed by atoms with Crippen molar-refractivity contribution in [2.45, 2.75) is 6.54 Å². The minimum absolute atomic E-state index is 0.00462. The average molecular weight is 375 g/mol. The highest BCUT2D eigenvalue weighted by atomic mass is 32.2. The minimum atomic E-state index is -3.01. The predicted octanol–water partition coefficient (Wildman–Crippen LogP) is 0.903. The summed E-state index contributed by atoms with van der Waals surface area (Å²) in [5, 5.41) is 3.11. The molecule has 9 heteroatoms. The molecule has 1 N–H and O–H groups in total. The number of halogens is 1. The Morgan fingerprint density at radius 2 is 2.08 bits per heavy atom. The van der Waals surface area contributed by atoms with Crippen molar-refractivity contribution in [3.63, 3.8) is 0 Å². The average Bonchev–Trinajstić information content (AvgIpc) is 2.53. The monoisotopic (exact) mass is 375 g/mol. The van der Waals surface area contributed by atoms with Crippen LogP contribution in [0.2, 0.25) is 0 Å². The van der Waals surface area contributed by atoms with Gasteiger partial charge < -0.3 is 19.7 Å². The van der Waals surface area contributed by atoms with E-state index in [2.05, 4.69) is 10.3 Å². The van der Waals surface area contributed by atoms with Gasteiger partial charge in [0.15, 0.2) is 17.5 Å². The van der Waals surface area contributed by atoms with Crippen molar-refractivity contribution in [3.8, 4) is 5.75 Å². The summed E-state index contributed by atoms with van der Waals surface area (Å²) in [5.41, 5.74) is 0.785. The number of benzene rings is 1. The molecule has 0 atom stereocenters. The lowest BCUT2D eigenvalue weighted by atomic mass is 10.2. The smallest absolute Gasteiger partial charge is 0.193 e. The highest BCUT2D eigenvalue weighted by Crippen LogP contribution is 2.18. The number of guanidine groups is 1. The molecule has 0 aromatic heterocycles. The second-order valence-corrected chi connectivity index (χ2v) is 7.80. The Balaban J connectivity index is 2.42. The van der Waals surface area contributed by atoms with Gasteiger partial charge in [0.05, 0.1) is 26.1 Å². The first-order chi connectivity index (χ1) is 11.8. The summed E-state index contributed by atoms with van der Waals surface area (Å²) in [6.45, 7) is 1.48. The van der Waals surface area contributed by atoms with E-state index in [0.29, 0.717) is 25.7 Å². The topological polar surface area (TPSA) is 80.2 Å². The Kier molecular flexibility index (Phi) is 8.64. The number of ether oxygens (including phenoxy) is 2. The van der Waals surface area contributed by atoms with Crippen LogP contribution in [0.1, 0.15) is 5.56 Å². The van der Waals surface area contributed by atoms with Gasteiger partial charge in [-0.1, -0.05) is 6.07 Å². The molecule has 0 aliphatic heterocycles. The van der Waals surface area contributed by atoms with Gasteiger partial charge in [0.25, 0.3) is 0 Å². The Bertz CT molecular complexity index is 680. The van der Waals surface area contributed by atoms with Crippen LogP contribution < -0.4 is 10.1 Å². The van der Waals surface area contributed by atoms with Crippen molar-refractivity contribution in [3.05, 3.63) is 29.6 Å². The van der Waals surface area contributed by atoms with Crippen LogP contribution in [0.4, 0.5) is 4.39 Å². The van der Waals surface area contributed by atoms with Crippen LogP contribution in [0.25, 0.3) is 0 Å². The fourth-order valence-corrected chi connectivity index (χ4v) is 2.51. The lowest BCUT2D eigenvalue weighted by Gasteiger charge is -2.22. The molecule has 1 rings (SSSR count). The summed E-state index contributed by atoms with van der Waals surface area (Å²) in [6.07, 6.45) is 1.17. The van der Waals surface area contributed by atoms with Gasteiger partial charge in [-0.3, -0.25) is 4.99 Å². The third-order valence-corrected chi connectivity index (χ3v) is 4.25. The molecule has 1 aromatic carbocycles. The largest absolute Gasteiger partial charge is 0.494 e. The third kappa shape index (κ3) is 8.17. The molecular weight excluding hydrogens is 349 g/mol. The van der Waals surface area contributed by atoms with Crippen LogP contribution in [-0.4, -0.2) is 72.2 Å². The number of methoxy groups -OCH3 is 1. The van der Waals surface area contributed by atoms with Crippen LogP contribution in [-0.2, 0) is 21.1 Å². The van der Waals surface area contributed by atoms with Crippen molar-refractivity contribution in [2.24, 2.45) is 4.99 Å². The molecule has 25 heavy (non-hydrogen) atoms. The van der Waals surface area contributed by atoms with Gasteiger partial charge in [-0.05, 0) is 17.7 Å². The Labute approximate surface area is 148 Å². The highest BCUT2D eigenvalue weighted by Gasteiger charge is 2.09. The number of sulfone groups is 1.